The molecule has 0 heterocycles. The van der Waals surface area contributed by atoms with Crippen LogP contribution in [-0.2, 0) is 14.3 Å². The van der Waals surface area contributed by atoms with Crippen LogP contribution in [0.4, 0.5) is 0 Å². The van der Waals surface area contributed by atoms with E-state index in [9.17, 15) is 9.59 Å². The molecule has 2 aromatic rings. The lowest BCUT2D eigenvalue weighted by Gasteiger charge is -2.31. The van der Waals surface area contributed by atoms with Gasteiger partial charge in [-0.1, -0.05) is 56.8 Å². The third-order valence-electron chi connectivity index (χ3n) is 4.75. The second kappa shape index (κ2) is 8.65. The fraction of sp³-hybridized carbons (Fsp3) is 0.364. The highest BCUT2D eigenvalue weighted by Crippen LogP contribution is 2.27. The van der Waals surface area contributed by atoms with Crippen LogP contribution < -0.4 is 0 Å². The van der Waals surface area contributed by atoms with E-state index >= 15 is 0 Å². The average Bonchev–Trinajstić information content (AvgIpc) is 2.66. The molecule has 26 heavy (non-hydrogen) atoms. The molecule has 2 aromatic carbocycles. The van der Waals surface area contributed by atoms with Gasteiger partial charge >= 0.3 is 11.9 Å². The van der Waals surface area contributed by atoms with Gasteiger partial charge in [-0.2, -0.15) is 0 Å². The minimum atomic E-state index is -0.644. The molecule has 0 atom stereocenters. The Bertz CT molecular complexity index is 797. The van der Waals surface area contributed by atoms with E-state index in [1.807, 2.05) is 50.2 Å². The van der Waals surface area contributed by atoms with Gasteiger partial charge in [0.05, 0.1) is 12.2 Å². The highest BCUT2D eigenvalue weighted by molar-refractivity contribution is 6.04. The SMILES string of the molecule is C=C(C)C(=O)OC(CC)(CC)CCOC(=O)c1cccc2ccccc12. The second-order valence-electron chi connectivity index (χ2n) is 6.47. The van der Waals surface area contributed by atoms with Gasteiger partial charge in [0.15, 0.2) is 0 Å². The number of ether oxygens (including phenoxy) is 2. The quantitative estimate of drug-likeness (QED) is 0.491. The first-order chi connectivity index (χ1) is 12.4. The molecule has 0 aliphatic rings. The zero-order valence-electron chi connectivity index (χ0n) is 15.7. The first kappa shape index (κ1) is 19.7. The van der Waals surface area contributed by atoms with Crippen LogP contribution in [-0.4, -0.2) is 24.1 Å². The Hall–Kier alpha value is -2.62. The highest BCUT2D eigenvalue weighted by Gasteiger charge is 2.31. The molecule has 4 nitrogen and oxygen atoms in total. The molecule has 0 aliphatic heterocycles. The highest BCUT2D eigenvalue weighted by atomic mass is 16.6. The number of hydrogen-bond acceptors (Lipinski definition) is 4. The van der Waals surface area contributed by atoms with Gasteiger partial charge in [-0.05, 0) is 36.6 Å². The van der Waals surface area contributed by atoms with Gasteiger partial charge in [-0.15, -0.1) is 0 Å². The first-order valence-electron chi connectivity index (χ1n) is 8.96. The second-order valence-corrected chi connectivity index (χ2v) is 6.47. The zero-order valence-corrected chi connectivity index (χ0v) is 15.7. The van der Waals surface area contributed by atoms with E-state index in [4.69, 9.17) is 9.47 Å². The number of hydrogen-bond donors (Lipinski definition) is 0. The predicted octanol–water partition coefficient (Wildman–Crippen LogP) is 5.06. The Balaban J connectivity index is 2.05. The smallest absolute Gasteiger partial charge is 0.338 e. The Kier molecular flexibility index (Phi) is 6.56. The summed E-state index contributed by atoms with van der Waals surface area (Å²) in [4.78, 5) is 24.4. The van der Waals surface area contributed by atoms with Crippen LogP contribution in [0.1, 0.15) is 50.4 Å². The van der Waals surface area contributed by atoms with Crippen molar-refractivity contribution in [2.75, 3.05) is 6.61 Å². The molecule has 0 saturated carbocycles. The van der Waals surface area contributed by atoms with Crippen molar-refractivity contribution in [1.82, 2.24) is 0 Å². The van der Waals surface area contributed by atoms with Crippen LogP contribution >= 0.6 is 0 Å². The third kappa shape index (κ3) is 4.51. The van der Waals surface area contributed by atoms with Crippen LogP contribution in [0.25, 0.3) is 10.8 Å². The van der Waals surface area contributed by atoms with Crippen molar-refractivity contribution in [1.29, 1.82) is 0 Å². The van der Waals surface area contributed by atoms with Crippen LogP contribution in [0.3, 0.4) is 0 Å². The number of esters is 2. The monoisotopic (exact) mass is 354 g/mol. The Morgan fingerprint density at radius 1 is 1.04 bits per heavy atom. The molecular weight excluding hydrogens is 328 g/mol. The van der Waals surface area contributed by atoms with E-state index in [0.717, 1.165) is 10.8 Å². The average molecular weight is 354 g/mol. The van der Waals surface area contributed by atoms with Gasteiger partial charge in [-0.25, -0.2) is 9.59 Å². The number of benzene rings is 2. The summed E-state index contributed by atoms with van der Waals surface area (Å²) < 4.78 is 11.1. The van der Waals surface area contributed by atoms with Crippen molar-refractivity contribution in [3.05, 3.63) is 60.2 Å². The summed E-state index contributed by atoms with van der Waals surface area (Å²) in [5.41, 5.74) is 0.263. The van der Waals surface area contributed by atoms with Crippen molar-refractivity contribution in [3.63, 3.8) is 0 Å². The van der Waals surface area contributed by atoms with Gasteiger partial charge in [0.25, 0.3) is 0 Å². The Morgan fingerprint density at radius 3 is 2.35 bits per heavy atom. The van der Waals surface area contributed by atoms with Crippen molar-refractivity contribution in [2.24, 2.45) is 0 Å². The van der Waals surface area contributed by atoms with E-state index in [2.05, 4.69) is 6.58 Å². The number of carbonyl (C=O) groups excluding carboxylic acids is 2. The fourth-order valence-electron chi connectivity index (χ4n) is 2.89. The molecule has 0 saturated heterocycles. The van der Waals surface area contributed by atoms with Crippen molar-refractivity contribution in [2.45, 2.75) is 45.6 Å². The minimum Gasteiger partial charge on any atom is -0.462 e. The molecule has 0 spiro atoms. The van der Waals surface area contributed by atoms with E-state index in [1.54, 1.807) is 13.0 Å². The summed E-state index contributed by atoms with van der Waals surface area (Å²) in [6.07, 6.45) is 1.75. The summed E-state index contributed by atoms with van der Waals surface area (Å²) in [5.74, 6) is -0.775. The Morgan fingerprint density at radius 2 is 1.69 bits per heavy atom. The molecule has 0 aromatic heterocycles. The molecule has 2 rings (SSSR count). The van der Waals surface area contributed by atoms with Crippen molar-refractivity contribution < 1.29 is 19.1 Å². The lowest BCUT2D eigenvalue weighted by Crippen LogP contribution is -2.35. The summed E-state index contributed by atoms with van der Waals surface area (Å²) in [5, 5.41) is 1.86. The van der Waals surface area contributed by atoms with Gasteiger partial charge in [-0.3, -0.25) is 0 Å². The molecular formula is C22H26O4. The summed E-state index contributed by atoms with van der Waals surface area (Å²) in [6.45, 7) is 9.36. The van der Waals surface area contributed by atoms with Gasteiger partial charge in [0, 0.05) is 12.0 Å². The molecule has 0 fully saturated rings. The lowest BCUT2D eigenvalue weighted by molar-refractivity contribution is -0.157. The van der Waals surface area contributed by atoms with Crippen LogP contribution in [0.2, 0.25) is 0 Å². The number of rotatable bonds is 8. The van der Waals surface area contributed by atoms with E-state index in [0.29, 0.717) is 30.4 Å². The molecule has 0 N–H and O–H groups in total. The van der Waals surface area contributed by atoms with Crippen LogP contribution in [0, 0.1) is 0 Å². The Labute approximate surface area is 154 Å². The molecule has 138 valence electrons. The van der Waals surface area contributed by atoms with Crippen molar-refractivity contribution >= 4 is 22.7 Å². The first-order valence-corrected chi connectivity index (χ1v) is 8.96. The summed E-state index contributed by atoms with van der Waals surface area (Å²) in [6, 6.07) is 13.3. The molecule has 0 bridgehead atoms. The molecule has 0 unspecified atom stereocenters. The summed E-state index contributed by atoms with van der Waals surface area (Å²) >= 11 is 0. The fourth-order valence-corrected chi connectivity index (χ4v) is 2.89. The number of carbonyl (C=O) groups is 2. The minimum absolute atomic E-state index is 0.188. The van der Waals surface area contributed by atoms with Gasteiger partial charge in [0.2, 0.25) is 0 Å². The van der Waals surface area contributed by atoms with Gasteiger partial charge < -0.3 is 9.47 Å². The van der Waals surface area contributed by atoms with Crippen LogP contribution in [0.5, 0.6) is 0 Å². The largest absolute Gasteiger partial charge is 0.462 e. The van der Waals surface area contributed by atoms with Crippen molar-refractivity contribution in [3.8, 4) is 0 Å². The standard InChI is InChI=1S/C22H26O4/c1-5-22(6-2,26-20(23)16(3)4)14-15-25-21(24)19-13-9-11-17-10-7-8-12-18(17)19/h7-13H,3,5-6,14-15H2,1-2,4H3. The van der Waals surface area contributed by atoms with E-state index < -0.39 is 11.6 Å². The summed E-state index contributed by atoms with van der Waals surface area (Å²) in [7, 11) is 0. The maximum Gasteiger partial charge on any atom is 0.338 e. The van der Waals surface area contributed by atoms with Crippen LogP contribution in [0.15, 0.2) is 54.6 Å². The molecule has 0 aliphatic carbocycles. The topological polar surface area (TPSA) is 52.6 Å². The molecule has 0 amide bonds. The molecule has 4 heteroatoms. The third-order valence-corrected chi connectivity index (χ3v) is 4.75. The normalized spacial score (nSPS) is 11.2. The maximum absolute atomic E-state index is 12.5. The van der Waals surface area contributed by atoms with E-state index in [-0.39, 0.29) is 12.6 Å². The number of fused-ring (bicyclic) bond motifs is 1. The zero-order chi connectivity index (χ0) is 19.2. The van der Waals surface area contributed by atoms with Gasteiger partial charge in [0.1, 0.15) is 5.60 Å². The predicted molar refractivity (Wildman–Crippen MR) is 103 cm³/mol. The van der Waals surface area contributed by atoms with E-state index in [1.165, 1.54) is 0 Å². The lowest BCUT2D eigenvalue weighted by atomic mass is 9.93. The maximum atomic E-state index is 12.5. The molecule has 0 radical (unpaired) electrons.